The third kappa shape index (κ3) is 4.69. The summed E-state index contributed by atoms with van der Waals surface area (Å²) in [6.07, 6.45) is 0.768. The van der Waals surface area contributed by atoms with E-state index in [0.717, 1.165) is 18.5 Å². The van der Waals surface area contributed by atoms with Crippen molar-refractivity contribution in [1.29, 1.82) is 0 Å². The third-order valence-electron chi connectivity index (χ3n) is 5.45. The van der Waals surface area contributed by atoms with Crippen molar-refractivity contribution in [3.05, 3.63) is 65.2 Å². The van der Waals surface area contributed by atoms with Crippen LogP contribution in [0.2, 0.25) is 0 Å². The maximum absolute atomic E-state index is 11.5. The number of nitrogens with zero attached hydrogens (tertiary/aromatic N) is 1. The number of benzene rings is 2. The Hall–Kier alpha value is -2.33. The second kappa shape index (κ2) is 8.57. The lowest BCUT2D eigenvalue weighted by atomic mass is 9.72. The zero-order chi connectivity index (χ0) is 20.2. The van der Waals surface area contributed by atoms with Gasteiger partial charge in [0.15, 0.2) is 0 Å². The van der Waals surface area contributed by atoms with Gasteiger partial charge in [-0.25, -0.2) is 4.79 Å². The van der Waals surface area contributed by atoms with Crippen molar-refractivity contribution in [2.75, 3.05) is 6.54 Å². The van der Waals surface area contributed by atoms with Crippen LogP contribution < -0.4 is 0 Å². The molecule has 0 bridgehead atoms. The second-order valence-corrected chi connectivity index (χ2v) is 7.91. The average molecular weight is 370 g/mol. The van der Waals surface area contributed by atoms with Crippen LogP contribution in [0.4, 0.5) is 0 Å². The monoisotopic (exact) mass is 369 g/mol. The first kappa shape index (κ1) is 21.0. The summed E-state index contributed by atoms with van der Waals surface area (Å²) in [5, 5.41) is 20.0. The highest BCUT2D eigenvalue weighted by atomic mass is 16.4. The van der Waals surface area contributed by atoms with Crippen LogP contribution in [-0.2, 0) is 5.41 Å². The number of aromatic carboxylic acids is 1. The van der Waals surface area contributed by atoms with Crippen LogP contribution in [-0.4, -0.2) is 39.7 Å². The Morgan fingerprint density at radius 1 is 1.04 bits per heavy atom. The summed E-state index contributed by atoms with van der Waals surface area (Å²) in [5.41, 5.74) is 1.41. The Balaban J connectivity index is 2.52. The summed E-state index contributed by atoms with van der Waals surface area (Å²) < 4.78 is 0. The minimum Gasteiger partial charge on any atom is -0.508 e. The van der Waals surface area contributed by atoms with Crippen molar-refractivity contribution in [3.63, 3.8) is 0 Å². The first-order valence-electron chi connectivity index (χ1n) is 9.55. The molecule has 1 atom stereocenters. The minimum absolute atomic E-state index is 0.131. The summed E-state index contributed by atoms with van der Waals surface area (Å²) in [6.45, 7) is 11.7. The number of phenolic OH excluding ortho intramolecular Hbond substituents is 1. The fourth-order valence-electron chi connectivity index (χ4n) is 3.82. The van der Waals surface area contributed by atoms with E-state index >= 15 is 0 Å². The lowest BCUT2D eigenvalue weighted by Gasteiger charge is -2.37. The quantitative estimate of drug-likeness (QED) is 0.694. The van der Waals surface area contributed by atoms with Gasteiger partial charge in [0.05, 0.1) is 5.56 Å². The molecule has 0 aliphatic rings. The zero-order valence-electron chi connectivity index (χ0n) is 16.9. The van der Waals surface area contributed by atoms with Gasteiger partial charge in [-0.1, -0.05) is 37.3 Å². The molecular weight excluding hydrogens is 338 g/mol. The normalized spacial score (nSPS) is 13.9. The number of rotatable bonds is 8. The van der Waals surface area contributed by atoms with E-state index in [9.17, 15) is 15.0 Å². The smallest absolute Gasteiger partial charge is 0.335 e. The number of hydrogen-bond acceptors (Lipinski definition) is 3. The van der Waals surface area contributed by atoms with Gasteiger partial charge in [-0.05, 0) is 64.4 Å². The number of carbonyl (C=O) groups is 1. The molecule has 0 aliphatic carbocycles. The van der Waals surface area contributed by atoms with Crippen LogP contribution in [0.5, 0.6) is 5.75 Å². The molecule has 0 saturated heterocycles. The number of phenols is 1. The van der Waals surface area contributed by atoms with Crippen molar-refractivity contribution in [3.8, 4) is 5.75 Å². The van der Waals surface area contributed by atoms with Crippen LogP contribution >= 0.6 is 0 Å². The summed E-state index contributed by atoms with van der Waals surface area (Å²) in [6, 6.07) is 15.4. The SMILES string of the molecule is CC(C)N(CC[C@](C)(c1ccccc1)c1cc(C(=O)O)ccc1O)C(C)C. The Morgan fingerprint density at radius 2 is 1.63 bits per heavy atom. The molecule has 0 radical (unpaired) electrons. The highest BCUT2D eigenvalue weighted by Crippen LogP contribution is 2.40. The maximum atomic E-state index is 11.5. The van der Waals surface area contributed by atoms with Crippen molar-refractivity contribution in [2.24, 2.45) is 0 Å². The second-order valence-electron chi connectivity index (χ2n) is 7.91. The van der Waals surface area contributed by atoms with E-state index in [1.807, 2.05) is 30.3 Å². The van der Waals surface area contributed by atoms with E-state index in [1.165, 1.54) is 12.1 Å². The Morgan fingerprint density at radius 3 is 2.15 bits per heavy atom. The highest BCUT2D eigenvalue weighted by Gasteiger charge is 2.33. The van der Waals surface area contributed by atoms with Crippen LogP contribution in [0.1, 0.15) is 62.5 Å². The predicted octanol–water partition coefficient (Wildman–Crippen LogP) is 4.91. The molecule has 0 aromatic heterocycles. The van der Waals surface area contributed by atoms with Gasteiger partial charge in [0, 0.05) is 23.1 Å². The van der Waals surface area contributed by atoms with Crippen molar-refractivity contribution >= 4 is 5.97 Å². The molecule has 27 heavy (non-hydrogen) atoms. The average Bonchev–Trinajstić information content (AvgIpc) is 2.62. The highest BCUT2D eigenvalue weighted by molar-refractivity contribution is 5.88. The minimum atomic E-state index is -0.988. The topological polar surface area (TPSA) is 60.8 Å². The molecule has 0 fully saturated rings. The zero-order valence-corrected chi connectivity index (χ0v) is 16.9. The summed E-state index contributed by atoms with van der Waals surface area (Å²) in [5.74, 6) is -0.857. The van der Waals surface area contributed by atoms with Crippen LogP contribution in [0.25, 0.3) is 0 Å². The molecule has 0 amide bonds. The van der Waals surface area contributed by atoms with Gasteiger partial charge in [0.25, 0.3) is 0 Å². The Kier molecular flexibility index (Phi) is 6.66. The number of aromatic hydroxyl groups is 1. The third-order valence-corrected chi connectivity index (χ3v) is 5.45. The molecular formula is C23H31NO3. The van der Waals surface area contributed by atoms with Gasteiger partial charge in [0.2, 0.25) is 0 Å². The van der Waals surface area contributed by atoms with E-state index in [1.54, 1.807) is 6.07 Å². The van der Waals surface area contributed by atoms with Crippen LogP contribution in [0.3, 0.4) is 0 Å². The van der Waals surface area contributed by atoms with Crippen molar-refractivity contribution in [1.82, 2.24) is 4.90 Å². The molecule has 0 aliphatic heterocycles. The molecule has 2 rings (SSSR count). The lowest BCUT2D eigenvalue weighted by Crippen LogP contribution is -2.40. The summed E-state index contributed by atoms with van der Waals surface area (Å²) in [7, 11) is 0. The first-order chi connectivity index (χ1) is 12.7. The first-order valence-corrected chi connectivity index (χ1v) is 9.55. The van der Waals surface area contributed by atoms with E-state index in [0.29, 0.717) is 17.6 Å². The fourth-order valence-corrected chi connectivity index (χ4v) is 3.82. The fraction of sp³-hybridized carbons (Fsp3) is 0.435. The summed E-state index contributed by atoms with van der Waals surface area (Å²) in [4.78, 5) is 13.9. The maximum Gasteiger partial charge on any atom is 0.335 e. The van der Waals surface area contributed by atoms with E-state index < -0.39 is 11.4 Å². The number of hydrogen-bond donors (Lipinski definition) is 2. The van der Waals surface area contributed by atoms with Crippen molar-refractivity contribution < 1.29 is 15.0 Å². The molecule has 146 valence electrons. The molecule has 0 spiro atoms. The number of carboxylic acid groups (broad SMARTS) is 1. The largest absolute Gasteiger partial charge is 0.508 e. The van der Waals surface area contributed by atoms with Gasteiger partial charge < -0.3 is 10.2 Å². The van der Waals surface area contributed by atoms with Gasteiger partial charge in [-0.2, -0.15) is 0 Å². The molecule has 4 heteroatoms. The molecule has 2 aromatic rings. The Labute approximate surface area is 162 Å². The molecule has 2 aromatic carbocycles. The Bertz CT molecular complexity index is 762. The number of carboxylic acids is 1. The predicted molar refractivity (Wildman–Crippen MR) is 110 cm³/mol. The van der Waals surface area contributed by atoms with Gasteiger partial charge in [-0.3, -0.25) is 4.90 Å². The summed E-state index contributed by atoms with van der Waals surface area (Å²) >= 11 is 0. The van der Waals surface area contributed by atoms with Crippen molar-refractivity contribution in [2.45, 2.75) is 58.5 Å². The molecule has 0 heterocycles. The van der Waals surface area contributed by atoms with E-state index in [4.69, 9.17) is 0 Å². The van der Waals surface area contributed by atoms with Crippen LogP contribution in [0.15, 0.2) is 48.5 Å². The molecule has 0 saturated carbocycles. The van der Waals surface area contributed by atoms with E-state index in [2.05, 4.69) is 39.5 Å². The standard InChI is InChI=1S/C23H31NO3/c1-16(2)24(17(3)4)14-13-23(5,19-9-7-6-8-10-19)20-15-18(22(26)27)11-12-21(20)25/h6-12,15-17,25H,13-14H2,1-5H3,(H,26,27)/t23-/m1/s1. The molecule has 2 N–H and O–H groups in total. The van der Waals surface area contributed by atoms with E-state index in [-0.39, 0.29) is 11.3 Å². The van der Waals surface area contributed by atoms with Gasteiger partial charge in [0.1, 0.15) is 5.75 Å². The van der Waals surface area contributed by atoms with Gasteiger partial charge in [-0.15, -0.1) is 0 Å². The molecule has 0 unspecified atom stereocenters. The lowest BCUT2D eigenvalue weighted by molar-refractivity contribution is 0.0696. The van der Waals surface area contributed by atoms with Crippen LogP contribution in [0, 0.1) is 0 Å². The molecule has 4 nitrogen and oxygen atoms in total. The van der Waals surface area contributed by atoms with Gasteiger partial charge >= 0.3 is 5.97 Å².